The van der Waals surface area contributed by atoms with Gasteiger partial charge >= 0.3 is 0 Å². The summed E-state index contributed by atoms with van der Waals surface area (Å²) in [6.07, 6.45) is 2.10. The van der Waals surface area contributed by atoms with Gasteiger partial charge in [0, 0.05) is 29.1 Å². The second-order valence-corrected chi connectivity index (χ2v) is 9.06. The second-order valence-electron chi connectivity index (χ2n) is 9.06. The van der Waals surface area contributed by atoms with Gasteiger partial charge in [-0.1, -0.05) is 30.3 Å². The topological polar surface area (TPSA) is 89.6 Å². The molecule has 7 nitrogen and oxygen atoms in total. The molecule has 1 aliphatic carbocycles. The summed E-state index contributed by atoms with van der Waals surface area (Å²) in [6, 6.07) is 22.8. The number of para-hydroxylation sites is 1. The van der Waals surface area contributed by atoms with Crippen molar-refractivity contribution in [1.82, 2.24) is 15.6 Å². The van der Waals surface area contributed by atoms with E-state index in [9.17, 15) is 9.59 Å². The van der Waals surface area contributed by atoms with Crippen LogP contribution in [-0.2, 0) is 6.54 Å². The summed E-state index contributed by atoms with van der Waals surface area (Å²) in [5, 5.41) is 6.78. The molecule has 4 aromatic rings. The molecule has 0 bridgehead atoms. The molecule has 0 atom stereocenters. The molecule has 1 fully saturated rings. The lowest BCUT2D eigenvalue weighted by atomic mass is 10.0. The van der Waals surface area contributed by atoms with Crippen molar-refractivity contribution in [2.75, 3.05) is 13.2 Å². The molecule has 2 heterocycles. The van der Waals surface area contributed by atoms with Crippen molar-refractivity contribution in [3.8, 4) is 22.8 Å². The standard InChI is InChI=1S/C29H25N3O4/c33-28(31-21-10-11-21)19-7-5-18(6-8-19)17-30-29(34)23-16-25(32-24-4-2-1-3-22(23)24)20-9-12-26-27(15-20)36-14-13-35-26/h1-9,12,15-16,21H,10-11,13-14,17H2,(H,30,34)(H,31,33). The number of carbonyl (C=O) groups is 2. The Bertz CT molecular complexity index is 1460. The lowest BCUT2D eigenvalue weighted by Gasteiger charge is -2.19. The van der Waals surface area contributed by atoms with Crippen molar-refractivity contribution in [3.05, 3.63) is 89.5 Å². The van der Waals surface area contributed by atoms with Gasteiger partial charge < -0.3 is 20.1 Å². The number of carbonyl (C=O) groups excluding carboxylic acids is 2. The number of pyridine rings is 1. The molecule has 3 aromatic carbocycles. The minimum atomic E-state index is -0.192. The highest BCUT2D eigenvalue weighted by Gasteiger charge is 2.23. The maximum absolute atomic E-state index is 13.3. The number of aromatic nitrogens is 1. The molecular weight excluding hydrogens is 454 g/mol. The number of nitrogens with one attached hydrogen (secondary N) is 2. The third kappa shape index (κ3) is 4.60. The molecule has 0 unspecified atom stereocenters. The third-order valence-corrected chi connectivity index (χ3v) is 6.38. The van der Waals surface area contributed by atoms with Crippen LogP contribution in [-0.4, -0.2) is 36.1 Å². The van der Waals surface area contributed by atoms with E-state index in [4.69, 9.17) is 14.5 Å². The van der Waals surface area contributed by atoms with Gasteiger partial charge in [0.1, 0.15) is 13.2 Å². The van der Waals surface area contributed by atoms with E-state index in [0.717, 1.165) is 34.9 Å². The van der Waals surface area contributed by atoms with Crippen LogP contribution in [0.1, 0.15) is 39.1 Å². The summed E-state index contributed by atoms with van der Waals surface area (Å²) in [7, 11) is 0. The maximum Gasteiger partial charge on any atom is 0.252 e. The third-order valence-electron chi connectivity index (χ3n) is 6.38. The zero-order valence-corrected chi connectivity index (χ0v) is 19.6. The molecule has 1 aliphatic heterocycles. The van der Waals surface area contributed by atoms with Gasteiger partial charge in [0.05, 0.1) is 16.8 Å². The molecular formula is C29H25N3O4. The molecule has 2 N–H and O–H groups in total. The lowest BCUT2D eigenvalue weighted by Crippen LogP contribution is -2.25. The molecule has 1 saturated carbocycles. The summed E-state index contributed by atoms with van der Waals surface area (Å²) in [5.74, 6) is 1.14. The average molecular weight is 480 g/mol. The Hall–Kier alpha value is -4.39. The summed E-state index contributed by atoms with van der Waals surface area (Å²) in [4.78, 5) is 30.3. The first-order valence-electron chi connectivity index (χ1n) is 12.1. The van der Waals surface area contributed by atoms with Gasteiger partial charge in [-0.05, 0) is 60.9 Å². The van der Waals surface area contributed by atoms with Crippen molar-refractivity contribution in [2.24, 2.45) is 0 Å². The lowest BCUT2D eigenvalue weighted by molar-refractivity contribution is 0.0942. The van der Waals surface area contributed by atoms with E-state index >= 15 is 0 Å². The van der Waals surface area contributed by atoms with Crippen LogP contribution in [0.3, 0.4) is 0 Å². The smallest absolute Gasteiger partial charge is 0.252 e. The van der Waals surface area contributed by atoms with Gasteiger partial charge in [-0.2, -0.15) is 0 Å². The molecule has 0 saturated heterocycles. The number of hydrogen-bond acceptors (Lipinski definition) is 5. The van der Waals surface area contributed by atoms with E-state index in [2.05, 4.69) is 10.6 Å². The Morgan fingerprint density at radius 3 is 2.44 bits per heavy atom. The van der Waals surface area contributed by atoms with Crippen LogP contribution in [0.2, 0.25) is 0 Å². The highest BCUT2D eigenvalue weighted by Crippen LogP contribution is 2.35. The molecule has 1 aromatic heterocycles. The van der Waals surface area contributed by atoms with Crippen molar-refractivity contribution < 1.29 is 19.1 Å². The minimum absolute atomic E-state index is 0.0528. The van der Waals surface area contributed by atoms with Crippen LogP contribution < -0.4 is 20.1 Å². The molecule has 2 amide bonds. The molecule has 2 aliphatic rings. The number of nitrogens with zero attached hydrogens (tertiary/aromatic N) is 1. The van der Waals surface area contributed by atoms with Crippen LogP contribution in [0, 0.1) is 0 Å². The fraction of sp³-hybridized carbons (Fsp3) is 0.207. The molecule has 6 rings (SSSR count). The Labute approximate surface area is 208 Å². The van der Waals surface area contributed by atoms with Crippen LogP contribution in [0.25, 0.3) is 22.2 Å². The van der Waals surface area contributed by atoms with Gasteiger partial charge in [0.25, 0.3) is 11.8 Å². The molecule has 7 heteroatoms. The first-order chi connectivity index (χ1) is 17.6. The van der Waals surface area contributed by atoms with Crippen LogP contribution >= 0.6 is 0 Å². The van der Waals surface area contributed by atoms with Crippen molar-refractivity contribution in [2.45, 2.75) is 25.4 Å². The van der Waals surface area contributed by atoms with Gasteiger partial charge in [-0.15, -0.1) is 0 Å². The Kier molecular flexibility index (Phi) is 5.73. The van der Waals surface area contributed by atoms with Gasteiger partial charge in [0.2, 0.25) is 0 Å². The van der Waals surface area contributed by atoms with E-state index in [1.165, 1.54) is 0 Å². The van der Waals surface area contributed by atoms with E-state index in [1.54, 1.807) is 12.1 Å². The van der Waals surface area contributed by atoms with Gasteiger partial charge in [-0.3, -0.25) is 9.59 Å². The summed E-state index contributed by atoms with van der Waals surface area (Å²) in [6.45, 7) is 1.38. The monoisotopic (exact) mass is 479 g/mol. The predicted octanol–water partition coefficient (Wildman–Crippen LogP) is 4.50. The molecule has 0 spiro atoms. The first-order valence-corrected chi connectivity index (χ1v) is 12.1. The normalized spacial score (nSPS) is 14.3. The van der Waals surface area contributed by atoms with Gasteiger partial charge in [0.15, 0.2) is 11.5 Å². The number of hydrogen-bond donors (Lipinski definition) is 2. The molecule has 36 heavy (non-hydrogen) atoms. The van der Waals surface area contributed by atoms with Gasteiger partial charge in [-0.25, -0.2) is 4.98 Å². The van der Waals surface area contributed by atoms with E-state index in [-0.39, 0.29) is 11.8 Å². The predicted molar refractivity (Wildman–Crippen MR) is 136 cm³/mol. The van der Waals surface area contributed by atoms with Crippen LogP contribution in [0.15, 0.2) is 72.8 Å². The minimum Gasteiger partial charge on any atom is -0.486 e. The SMILES string of the molecule is O=C(NC1CC1)c1ccc(CNC(=O)c2cc(-c3ccc4c(c3)OCCO4)nc3ccccc23)cc1. The highest BCUT2D eigenvalue weighted by atomic mass is 16.6. The number of benzene rings is 3. The quantitative estimate of drug-likeness (QED) is 0.425. The highest BCUT2D eigenvalue weighted by molar-refractivity contribution is 6.07. The maximum atomic E-state index is 13.3. The second kappa shape index (κ2) is 9.34. The van der Waals surface area contributed by atoms with E-state index in [0.29, 0.717) is 54.1 Å². The number of amides is 2. The van der Waals surface area contributed by atoms with Crippen molar-refractivity contribution in [1.29, 1.82) is 0 Å². The van der Waals surface area contributed by atoms with E-state index in [1.807, 2.05) is 60.7 Å². The van der Waals surface area contributed by atoms with E-state index < -0.39 is 0 Å². The fourth-order valence-corrected chi connectivity index (χ4v) is 4.26. The number of rotatable bonds is 6. The summed E-state index contributed by atoms with van der Waals surface area (Å²) in [5.41, 5.74) is 4.35. The molecule has 0 radical (unpaired) electrons. The van der Waals surface area contributed by atoms with Crippen LogP contribution in [0.5, 0.6) is 11.5 Å². The Morgan fingerprint density at radius 2 is 1.64 bits per heavy atom. The first kappa shape index (κ1) is 22.1. The Morgan fingerprint density at radius 1 is 0.861 bits per heavy atom. The zero-order valence-electron chi connectivity index (χ0n) is 19.6. The largest absolute Gasteiger partial charge is 0.486 e. The number of ether oxygens (including phenoxy) is 2. The number of fused-ring (bicyclic) bond motifs is 2. The summed E-state index contributed by atoms with van der Waals surface area (Å²) >= 11 is 0. The fourth-order valence-electron chi connectivity index (χ4n) is 4.26. The molecule has 180 valence electrons. The van der Waals surface area contributed by atoms with Crippen LogP contribution in [0.4, 0.5) is 0 Å². The van der Waals surface area contributed by atoms with Crippen molar-refractivity contribution in [3.63, 3.8) is 0 Å². The summed E-state index contributed by atoms with van der Waals surface area (Å²) < 4.78 is 11.4. The van der Waals surface area contributed by atoms with Crippen molar-refractivity contribution >= 4 is 22.7 Å². The average Bonchev–Trinajstić information content (AvgIpc) is 3.75. The Balaban J connectivity index is 1.23. The zero-order chi connectivity index (χ0) is 24.5.